The number of hydrogen-bond donors (Lipinski definition) is 0. The van der Waals surface area contributed by atoms with Gasteiger partial charge in [-0.15, -0.1) is 0 Å². The van der Waals surface area contributed by atoms with Crippen LogP contribution in [0.15, 0.2) is 0 Å². The van der Waals surface area contributed by atoms with Crippen molar-refractivity contribution in [3.63, 3.8) is 0 Å². The zero-order valence-corrected chi connectivity index (χ0v) is 14.7. The second-order valence-electron chi connectivity index (χ2n) is 9.09. The summed E-state index contributed by atoms with van der Waals surface area (Å²) < 4.78 is 0. The molecule has 19 heavy (non-hydrogen) atoms. The Morgan fingerprint density at radius 1 is 1.00 bits per heavy atom. The smallest absolute Gasteiger partial charge is 0.0313 e. The van der Waals surface area contributed by atoms with Crippen molar-refractivity contribution in [1.82, 2.24) is 0 Å². The Kier molecular flexibility index (Phi) is 5.55. The van der Waals surface area contributed by atoms with Gasteiger partial charge in [-0.25, -0.2) is 0 Å². The molecule has 0 aliphatic heterocycles. The lowest BCUT2D eigenvalue weighted by Crippen LogP contribution is -2.43. The maximum atomic E-state index is 2.53. The minimum Gasteiger partial charge on any atom is -0.0654 e. The molecular formula is C19H38. The molecule has 0 bridgehead atoms. The quantitative estimate of drug-likeness (QED) is 0.451. The van der Waals surface area contributed by atoms with E-state index in [9.17, 15) is 0 Å². The third-order valence-corrected chi connectivity index (χ3v) is 5.64. The van der Waals surface area contributed by atoms with Gasteiger partial charge in [-0.2, -0.15) is 0 Å². The van der Waals surface area contributed by atoms with Gasteiger partial charge in [-0.05, 0) is 54.3 Å². The summed E-state index contributed by atoms with van der Waals surface area (Å²) in [5, 5.41) is 0. The molecule has 0 saturated heterocycles. The average Bonchev–Trinajstić information content (AvgIpc) is 2.24. The summed E-state index contributed by atoms with van der Waals surface area (Å²) in [6.45, 7) is 17.0. The summed E-state index contributed by atoms with van der Waals surface area (Å²) in [5.41, 5.74) is 1.87. The van der Waals surface area contributed by atoms with E-state index in [0.717, 1.165) is 5.92 Å². The van der Waals surface area contributed by atoms with Crippen LogP contribution in [0.25, 0.3) is 0 Å². The summed E-state index contributed by atoms with van der Waals surface area (Å²) in [5.74, 6) is 0.905. The molecule has 1 rings (SSSR count). The van der Waals surface area contributed by atoms with Crippen molar-refractivity contribution >= 4 is 0 Å². The fourth-order valence-corrected chi connectivity index (χ4v) is 4.79. The Hall–Kier alpha value is 0. The first-order valence-corrected chi connectivity index (χ1v) is 8.64. The van der Waals surface area contributed by atoms with E-state index in [0.29, 0.717) is 16.2 Å². The van der Waals surface area contributed by atoms with Crippen molar-refractivity contribution in [3.05, 3.63) is 0 Å². The van der Waals surface area contributed by atoms with Crippen LogP contribution >= 0.6 is 0 Å². The highest BCUT2D eigenvalue weighted by molar-refractivity contribution is 4.98. The molecule has 0 aromatic carbocycles. The molecule has 114 valence electrons. The van der Waals surface area contributed by atoms with Crippen molar-refractivity contribution in [1.29, 1.82) is 0 Å². The first-order chi connectivity index (χ1) is 8.64. The van der Waals surface area contributed by atoms with Gasteiger partial charge in [0.2, 0.25) is 0 Å². The summed E-state index contributed by atoms with van der Waals surface area (Å²) in [6.07, 6.45) is 11.3. The zero-order valence-electron chi connectivity index (χ0n) is 14.7. The molecule has 1 fully saturated rings. The van der Waals surface area contributed by atoms with Gasteiger partial charge in [0.05, 0.1) is 0 Å². The zero-order chi connectivity index (χ0) is 14.7. The molecule has 0 heteroatoms. The lowest BCUT2D eigenvalue weighted by atomic mass is 9.51. The summed E-state index contributed by atoms with van der Waals surface area (Å²) in [7, 11) is 0. The normalized spacial score (nSPS) is 33.0. The van der Waals surface area contributed by atoms with Gasteiger partial charge in [0, 0.05) is 0 Å². The second-order valence-corrected chi connectivity index (χ2v) is 9.09. The minimum atomic E-state index is 0.557. The Morgan fingerprint density at radius 3 is 2.05 bits per heavy atom. The van der Waals surface area contributed by atoms with E-state index in [4.69, 9.17) is 0 Å². The Bertz CT molecular complexity index is 268. The van der Waals surface area contributed by atoms with E-state index < -0.39 is 0 Å². The van der Waals surface area contributed by atoms with Gasteiger partial charge >= 0.3 is 0 Å². The monoisotopic (exact) mass is 266 g/mol. The van der Waals surface area contributed by atoms with E-state index in [2.05, 4.69) is 48.5 Å². The average molecular weight is 267 g/mol. The first kappa shape index (κ1) is 17.1. The second kappa shape index (κ2) is 6.19. The van der Waals surface area contributed by atoms with Gasteiger partial charge in [0.15, 0.2) is 0 Å². The van der Waals surface area contributed by atoms with Crippen LogP contribution in [0.3, 0.4) is 0 Å². The van der Waals surface area contributed by atoms with Crippen LogP contribution in [0.2, 0.25) is 0 Å². The van der Waals surface area contributed by atoms with Crippen molar-refractivity contribution in [2.75, 3.05) is 0 Å². The number of hydrogen-bond acceptors (Lipinski definition) is 0. The Balaban J connectivity index is 2.31. The summed E-state index contributed by atoms with van der Waals surface area (Å²) in [4.78, 5) is 0. The highest BCUT2D eigenvalue weighted by Gasteiger charge is 2.47. The highest BCUT2D eigenvalue weighted by atomic mass is 14.5. The highest BCUT2D eigenvalue weighted by Crippen LogP contribution is 2.58. The van der Waals surface area contributed by atoms with Crippen molar-refractivity contribution < 1.29 is 0 Å². The van der Waals surface area contributed by atoms with Gasteiger partial charge in [0.25, 0.3) is 0 Å². The standard InChI is InChI=1S/C19H38/c1-8-11-17(4,5)12-10-16(3)13-19(7)14-18(6,9-2)15-19/h16H,8-15H2,1-7H3. The van der Waals surface area contributed by atoms with Crippen LogP contribution in [0.5, 0.6) is 0 Å². The lowest BCUT2D eigenvalue weighted by molar-refractivity contribution is -0.0329. The van der Waals surface area contributed by atoms with E-state index in [1.807, 2.05) is 0 Å². The topological polar surface area (TPSA) is 0 Å². The van der Waals surface area contributed by atoms with Crippen LogP contribution in [0.1, 0.15) is 99.8 Å². The minimum absolute atomic E-state index is 0.557. The van der Waals surface area contributed by atoms with E-state index in [-0.39, 0.29) is 0 Å². The molecule has 1 unspecified atom stereocenters. The van der Waals surface area contributed by atoms with E-state index in [1.165, 1.54) is 51.4 Å². The van der Waals surface area contributed by atoms with Crippen LogP contribution in [0.4, 0.5) is 0 Å². The van der Waals surface area contributed by atoms with Gasteiger partial charge in [-0.1, -0.05) is 67.7 Å². The third-order valence-electron chi connectivity index (χ3n) is 5.64. The molecule has 0 aromatic rings. The largest absolute Gasteiger partial charge is 0.0654 e. The van der Waals surface area contributed by atoms with Crippen LogP contribution in [-0.2, 0) is 0 Å². The molecule has 1 aliphatic carbocycles. The van der Waals surface area contributed by atoms with Crippen molar-refractivity contribution in [3.8, 4) is 0 Å². The van der Waals surface area contributed by atoms with Crippen LogP contribution < -0.4 is 0 Å². The van der Waals surface area contributed by atoms with Gasteiger partial charge < -0.3 is 0 Å². The molecule has 1 saturated carbocycles. The third kappa shape index (κ3) is 5.12. The SMILES string of the molecule is CCCC(C)(C)CCC(C)CC1(C)CC(C)(CC)C1. The van der Waals surface area contributed by atoms with Gasteiger partial charge in [0.1, 0.15) is 0 Å². The predicted molar refractivity (Wildman–Crippen MR) is 87.4 cm³/mol. The molecule has 0 spiro atoms. The van der Waals surface area contributed by atoms with E-state index >= 15 is 0 Å². The van der Waals surface area contributed by atoms with Crippen molar-refractivity contribution in [2.45, 2.75) is 99.8 Å². The molecule has 0 radical (unpaired) electrons. The molecule has 0 nitrogen and oxygen atoms in total. The molecule has 0 heterocycles. The molecule has 1 aliphatic rings. The first-order valence-electron chi connectivity index (χ1n) is 8.64. The maximum absolute atomic E-state index is 2.53. The van der Waals surface area contributed by atoms with Crippen LogP contribution in [-0.4, -0.2) is 0 Å². The molecular weight excluding hydrogens is 228 g/mol. The fraction of sp³-hybridized carbons (Fsp3) is 1.00. The van der Waals surface area contributed by atoms with E-state index in [1.54, 1.807) is 0 Å². The number of rotatable bonds is 8. The van der Waals surface area contributed by atoms with Gasteiger partial charge in [-0.3, -0.25) is 0 Å². The van der Waals surface area contributed by atoms with Crippen molar-refractivity contribution in [2.24, 2.45) is 22.2 Å². The summed E-state index contributed by atoms with van der Waals surface area (Å²) >= 11 is 0. The molecule has 0 N–H and O–H groups in total. The maximum Gasteiger partial charge on any atom is -0.0313 e. The predicted octanol–water partition coefficient (Wildman–Crippen LogP) is 6.84. The molecule has 1 atom stereocenters. The molecule has 0 aromatic heterocycles. The Morgan fingerprint density at radius 2 is 1.58 bits per heavy atom. The Labute approximate surface area is 122 Å². The van der Waals surface area contributed by atoms with Crippen LogP contribution in [0, 0.1) is 22.2 Å². The lowest BCUT2D eigenvalue weighted by Gasteiger charge is -2.54. The summed E-state index contributed by atoms with van der Waals surface area (Å²) in [6, 6.07) is 0. The fourth-order valence-electron chi connectivity index (χ4n) is 4.79. The molecule has 0 amide bonds.